The molecule has 0 saturated heterocycles. The number of ether oxygens (including phenoxy) is 1. The zero-order chi connectivity index (χ0) is 11.8. The minimum atomic E-state index is -0.582. The molecule has 0 aliphatic rings. The summed E-state index contributed by atoms with van der Waals surface area (Å²) in [5, 5.41) is 5.67. The molecule has 0 unspecified atom stereocenters. The van der Waals surface area contributed by atoms with Crippen molar-refractivity contribution >= 4 is 11.9 Å². The van der Waals surface area contributed by atoms with Crippen molar-refractivity contribution in [2.75, 3.05) is 13.7 Å². The minimum Gasteiger partial charge on any atom is -0.467 e. The van der Waals surface area contributed by atoms with E-state index in [0.717, 1.165) is 0 Å². The topological polar surface area (TPSA) is 67.4 Å². The molecule has 0 aromatic rings. The second-order valence-corrected chi connectivity index (χ2v) is 3.67. The van der Waals surface area contributed by atoms with Crippen LogP contribution in [-0.2, 0) is 14.3 Å². The average molecular weight is 216 g/mol. The Morgan fingerprint density at radius 1 is 1.27 bits per heavy atom. The van der Waals surface area contributed by atoms with E-state index in [0.29, 0.717) is 19.0 Å². The van der Waals surface area contributed by atoms with Crippen LogP contribution in [0.15, 0.2) is 0 Å². The first-order chi connectivity index (χ1) is 6.97. The molecular formula is C10H20N2O3. The summed E-state index contributed by atoms with van der Waals surface area (Å²) < 4.78 is 4.49. The molecule has 0 aromatic carbocycles. The number of carbonyl (C=O) groups excluding carboxylic acids is 2. The number of carbonyl (C=O) groups is 2. The number of esters is 1. The van der Waals surface area contributed by atoms with E-state index >= 15 is 0 Å². The summed E-state index contributed by atoms with van der Waals surface area (Å²) in [6.07, 6.45) is 0.361. The van der Waals surface area contributed by atoms with E-state index in [1.54, 1.807) is 6.92 Å². The van der Waals surface area contributed by atoms with E-state index < -0.39 is 12.0 Å². The third-order valence-electron chi connectivity index (χ3n) is 1.84. The zero-order valence-electron chi connectivity index (χ0n) is 9.79. The van der Waals surface area contributed by atoms with Gasteiger partial charge in [-0.1, -0.05) is 13.8 Å². The van der Waals surface area contributed by atoms with Crippen LogP contribution in [0.5, 0.6) is 0 Å². The van der Waals surface area contributed by atoms with Crippen molar-refractivity contribution in [2.45, 2.75) is 39.3 Å². The molecule has 0 fully saturated rings. The Morgan fingerprint density at radius 2 is 1.87 bits per heavy atom. The molecule has 0 aliphatic carbocycles. The molecule has 0 saturated carbocycles. The van der Waals surface area contributed by atoms with Crippen LogP contribution in [0, 0.1) is 0 Å². The van der Waals surface area contributed by atoms with Gasteiger partial charge in [-0.2, -0.15) is 0 Å². The molecular weight excluding hydrogens is 196 g/mol. The highest BCUT2D eigenvalue weighted by Gasteiger charge is 2.15. The largest absolute Gasteiger partial charge is 0.467 e. The molecule has 0 bridgehead atoms. The van der Waals surface area contributed by atoms with Crippen LogP contribution in [0.4, 0.5) is 0 Å². The Hall–Kier alpha value is -1.10. The third kappa shape index (κ3) is 6.90. The van der Waals surface area contributed by atoms with Gasteiger partial charge < -0.3 is 15.4 Å². The number of rotatable bonds is 6. The summed E-state index contributed by atoms with van der Waals surface area (Å²) in [5.74, 6) is -0.582. The molecule has 0 aromatic heterocycles. The fourth-order valence-electron chi connectivity index (χ4n) is 1.02. The van der Waals surface area contributed by atoms with E-state index in [1.807, 2.05) is 13.8 Å². The highest BCUT2D eigenvalue weighted by Crippen LogP contribution is 1.88. The Kier molecular flexibility index (Phi) is 6.70. The highest BCUT2D eigenvalue weighted by molar-refractivity contribution is 5.84. The maximum absolute atomic E-state index is 11.3. The van der Waals surface area contributed by atoms with Gasteiger partial charge in [-0.15, -0.1) is 0 Å². The summed E-state index contributed by atoms with van der Waals surface area (Å²) in [6.45, 7) is 6.22. The van der Waals surface area contributed by atoms with E-state index in [2.05, 4.69) is 15.4 Å². The van der Waals surface area contributed by atoms with Crippen LogP contribution in [0.2, 0.25) is 0 Å². The fourth-order valence-corrected chi connectivity index (χ4v) is 1.02. The maximum atomic E-state index is 11.3. The lowest BCUT2D eigenvalue weighted by Crippen LogP contribution is -2.40. The second kappa shape index (κ2) is 7.23. The smallest absolute Gasteiger partial charge is 0.328 e. The minimum absolute atomic E-state index is 0.152. The molecule has 5 heteroatoms. The predicted octanol–water partition coefficient (Wildman–Crippen LogP) is 0.0522. The third-order valence-corrected chi connectivity index (χ3v) is 1.84. The van der Waals surface area contributed by atoms with Crippen LogP contribution < -0.4 is 10.6 Å². The number of amides is 1. The van der Waals surface area contributed by atoms with Crippen LogP contribution in [0.1, 0.15) is 27.2 Å². The summed E-state index contributed by atoms with van der Waals surface area (Å²) in [4.78, 5) is 22.3. The van der Waals surface area contributed by atoms with E-state index in [4.69, 9.17) is 0 Å². The fraction of sp³-hybridized carbons (Fsp3) is 0.800. The molecule has 0 spiro atoms. The van der Waals surface area contributed by atoms with Gasteiger partial charge in [0.2, 0.25) is 5.91 Å². The molecule has 0 rings (SSSR count). The molecule has 1 amide bonds. The molecule has 2 N–H and O–H groups in total. The van der Waals surface area contributed by atoms with E-state index in [1.165, 1.54) is 7.11 Å². The highest BCUT2D eigenvalue weighted by atomic mass is 16.5. The zero-order valence-corrected chi connectivity index (χ0v) is 9.79. The lowest BCUT2D eigenvalue weighted by Gasteiger charge is -2.12. The Balaban J connectivity index is 3.69. The van der Waals surface area contributed by atoms with Crippen molar-refractivity contribution in [3.63, 3.8) is 0 Å². The van der Waals surface area contributed by atoms with Gasteiger partial charge in [-0.3, -0.25) is 4.79 Å². The van der Waals surface area contributed by atoms with Crippen molar-refractivity contribution in [3.8, 4) is 0 Å². The van der Waals surface area contributed by atoms with Gasteiger partial charge in [0, 0.05) is 19.0 Å². The van der Waals surface area contributed by atoms with Gasteiger partial charge in [0.05, 0.1) is 7.11 Å². The van der Waals surface area contributed by atoms with Gasteiger partial charge in [0.25, 0.3) is 0 Å². The normalized spacial score (nSPS) is 12.3. The van der Waals surface area contributed by atoms with Crippen LogP contribution in [0.25, 0.3) is 0 Å². The van der Waals surface area contributed by atoms with Crippen molar-refractivity contribution in [2.24, 2.45) is 0 Å². The maximum Gasteiger partial charge on any atom is 0.328 e. The Labute approximate surface area is 90.6 Å². The second-order valence-electron chi connectivity index (χ2n) is 3.67. The predicted molar refractivity (Wildman–Crippen MR) is 57.4 cm³/mol. The molecule has 0 aliphatic heterocycles. The van der Waals surface area contributed by atoms with Crippen molar-refractivity contribution < 1.29 is 14.3 Å². The van der Waals surface area contributed by atoms with Crippen molar-refractivity contribution in [1.29, 1.82) is 0 Å². The molecule has 1 atom stereocenters. The van der Waals surface area contributed by atoms with E-state index in [-0.39, 0.29) is 5.91 Å². The summed E-state index contributed by atoms with van der Waals surface area (Å²) in [6, 6.07) is -0.225. The van der Waals surface area contributed by atoms with Crippen LogP contribution in [0.3, 0.4) is 0 Å². The van der Waals surface area contributed by atoms with Gasteiger partial charge in [0.15, 0.2) is 0 Å². The van der Waals surface area contributed by atoms with Crippen molar-refractivity contribution in [1.82, 2.24) is 10.6 Å². The standard InChI is InChI=1S/C10H20N2O3/c1-7(2)11-6-5-9(13)12-8(3)10(14)15-4/h7-8,11H,5-6H2,1-4H3,(H,12,13)/t8-/m0/s1. The average Bonchev–Trinajstić information content (AvgIpc) is 2.15. The summed E-state index contributed by atoms with van der Waals surface area (Å²) >= 11 is 0. The number of methoxy groups -OCH3 is 1. The van der Waals surface area contributed by atoms with Gasteiger partial charge in [0.1, 0.15) is 6.04 Å². The summed E-state index contributed by atoms with van der Waals surface area (Å²) in [7, 11) is 1.30. The quantitative estimate of drug-likeness (QED) is 0.616. The number of hydrogen-bond donors (Lipinski definition) is 2. The molecule has 0 heterocycles. The first-order valence-corrected chi connectivity index (χ1v) is 5.08. The van der Waals surface area contributed by atoms with Crippen molar-refractivity contribution in [3.05, 3.63) is 0 Å². The Morgan fingerprint density at radius 3 is 2.33 bits per heavy atom. The SMILES string of the molecule is COC(=O)[C@H](C)NC(=O)CCNC(C)C. The van der Waals surface area contributed by atoms with Gasteiger partial charge in [-0.25, -0.2) is 4.79 Å². The molecule has 15 heavy (non-hydrogen) atoms. The van der Waals surface area contributed by atoms with Crippen LogP contribution >= 0.6 is 0 Å². The first kappa shape index (κ1) is 13.9. The van der Waals surface area contributed by atoms with Crippen LogP contribution in [-0.4, -0.2) is 37.6 Å². The van der Waals surface area contributed by atoms with Gasteiger partial charge in [-0.05, 0) is 6.92 Å². The molecule has 5 nitrogen and oxygen atoms in total. The Bertz CT molecular complexity index is 217. The monoisotopic (exact) mass is 216 g/mol. The van der Waals surface area contributed by atoms with E-state index in [9.17, 15) is 9.59 Å². The molecule has 88 valence electrons. The lowest BCUT2D eigenvalue weighted by atomic mass is 10.3. The number of hydrogen-bond acceptors (Lipinski definition) is 4. The summed E-state index contributed by atoms with van der Waals surface area (Å²) in [5.41, 5.74) is 0. The van der Waals surface area contributed by atoms with Gasteiger partial charge >= 0.3 is 5.97 Å². The number of nitrogens with one attached hydrogen (secondary N) is 2. The lowest BCUT2D eigenvalue weighted by molar-refractivity contribution is -0.144. The molecule has 0 radical (unpaired) electrons. The first-order valence-electron chi connectivity index (χ1n) is 5.08.